The van der Waals surface area contributed by atoms with E-state index in [1.807, 2.05) is 0 Å². The lowest BCUT2D eigenvalue weighted by molar-refractivity contribution is -0.115. The van der Waals surface area contributed by atoms with Crippen molar-refractivity contribution in [3.8, 4) is 17.6 Å². The van der Waals surface area contributed by atoms with E-state index in [1.54, 1.807) is 6.07 Å². The number of nitriles is 1. The van der Waals surface area contributed by atoms with Gasteiger partial charge in [0.25, 0.3) is 24.0 Å². The maximum Gasteiger partial charge on any atom is 0.297 e. The highest BCUT2D eigenvalue weighted by atomic mass is 35.5. The van der Waals surface area contributed by atoms with Crippen LogP contribution in [0, 0.1) is 11.3 Å². The number of carbonyl (C=O) groups excluding carboxylic acids is 1. The number of aromatic nitrogens is 2. The van der Waals surface area contributed by atoms with E-state index < -0.39 is 47.7 Å². The van der Waals surface area contributed by atoms with E-state index in [2.05, 4.69) is 15.2 Å². The van der Waals surface area contributed by atoms with E-state index in [0.29, 0.717) is 10.9 Å². The quantitative estimate of drug-likeness (QED) is 0.618. The van der Waals surface area contributed by atoms with Crippen molar-refractivity contribution in [3.63, 3.8) is 0 Å². The average Bonchev–Trinajstić information content (AvgIpc) is 2.71. The van der Waals surface area contributed by atoms with Gasteiger partial charge in [-0.2, -0.15) is 14.0 Å². The summed E-state index contributed by atoms with van der Waals surface area (Å²) in [4.78, 5) is 28.0. The first kappa shape index (κ1) is 21.8. The predicted octanol–water partition coefficient (Wildman–Crippen LogP) is 4.53. The number of halogens is 5. The summed E-state index contributed by atoms with van der Waals surface area (Å²) >= 11 is 5.84. The highest BCUT2D eigenvalue weighted by Gasteiger charge is 2.24. The van der Waals surface area contributed by atoms with Gasteiger partial charge in [0.05, 0.1) is 24.5 Å². The molecular formula is C18H8ClF4N5O3. The van der Waals surface area contributed by atoms with Crippen molar-refractivity contribution in [2.45, 2.75) is 13.0 Å². The molecule has 0 saturated heterocycles. The zero-order valence-electron chi connectivity index (χ0n) is 15.0. The molecule has 2 aromatic rings. The number of ether oxygens (including phenoxy) is 1. The van der Waals surface area contributed by atoms with Crippen LogP contribution in [0.5, 0.6) is 11.5 Å². The van der Waals surface area contributed by atoms with Crippen LogP contribution in [0.1, 0.15) is 17.7 Å². The second-order valence-corrected chi connectivity index (χ2v) is 6.34. The van der Waals surface area contributed by atoms with Gasteiger partial charge in [0.2, 0.25) is 5.75 Å². The maximum atomic E-state index is 13.4. The van der Waals surface area contributed by atoms with Gasteiger partial charge in [-0.1, -0.05) is 11.6 Å². The molecule has 0 unspecified atom stereocenters. The highest BCUT2D eigenvalue weighted by molar-refractivity contribution is 6.30. The van der Waals surface area contributed by atoms with Crippen molar-refractivity contribution in [1.82, 2.24) is 9.55 Å². The van der Waals surface area contributed by atoms with Crippen molar-refractivity contribution in [2.24, 2.45) is 10.2 Å². The standard InChI is InChI=1S/C18H8ClF4N5O3/c19-10-1-8(5-24)2-11(4-10)31-14-13(16(22)23)25-7-28(18(14)30)6-9-3-12(15(20)21)26-27-17(9)29/h1-4,7,16H,6H2. The number of amides is 1. The van der Waals surface area contributed by atoms with Crippen molar-refractivity contribution < 1.29 is 27.1 Å². The number of carbonyl (C=O) groups is 1. The minimum absolute atomic E-state index is 0.0428. The number of azo groups is 1. The van der Waals surface area contributed by atoms with E-state index in [0.717, 1.165) is 12.1 Å². The van der Waals surface area contributed by atoms with Crippen LogP contribution in [-0.2, 0) is 11.3 Å². The largest absolute Gasteiger partial charge is 0.449 e. The molecule has 0 aliphatic carbocycles. The van der Waals surface area contributed by atoms with Crippen LogP contribution in [0.3, 0.4) is 0 Å². The number of hydrogen-bond acceptors (Lipinski definition) is 6. The first-order valence-corrected chi connectivity index (χ1v) is 8.55. The first-order chi connectivity index (χ1) is 14.7. The normalized spacial score (nSPS) is 13.3. The number of nitrogens with zero attached hydrogens (tertiary/aromatic N) is 5. The molecule has 0 atom stereocenters. The van der Waals surface area contributed by atoms with E-state index >= 15 is 0 Å². The van der Waals surface area contributed by atoms with Crippen molar-refractivity contribution in [1.29, 1.82) is 5.26 Å². The summed E-state index contributed by atoms with van der Waals surface area (Å²) in [6.07, 6.45) is -3.98. The number of hydrogen-bond donors (Lipinski definition) is 0. The van der Waals surface area contributed by atoms with Gasteiger partial charge < -0.3 is 4.74 Å². The van der Waals surface area contributed by atoms with Crippen LogP contribution >= 0.6 is 11.6 Å². The number of benzene rings is 1. The van der Waals surface area contributed by atoms with Crippen molar-refractivity contribution in [2.75, 3.05) is 0 Å². The van der Waals surface area contributed by atoms with Crippen LogP contribution in [-0.4, -0.2) is 15.5 Å². The minimum Gasteiger partial charge on any atom is -0.449 e. The summed E-state index contributed by atoms with van der Waals surface area (Å²) in [5, 5.41) is 15.1. The Balaban J connectivity index is 2.05. The fourth-order valence-corrected chi connectivity index (χ4v) is 2.68. The molecule has 3 rings (SSSR count). The van der Waals surface area contributed by atoms with Gasteiger partial charge in [-0.05, 0) is 24.3 Å². The molecule has 8 nitrogen and oxygen atoms in total. The molecule has 0 radical (unpaired) electrons. The smallest absolute Gasteiger partial charge is 0.297 e. The topological polar surface area (TPSA) is 110 Å². The average molecular weight is 454 g/mol. The third-order valence-electron chi connectivity index (χ3n) is 3.82. The van der Waals surface area contributed by atoms with Crippen LogP contribution in [0.4, 0.5) is 17.6 Å². The highest BCUT2D eigenvalue weighted by Crippen LogP contribution is 2.30. The lowest BCUT2D eigenvalue weighted by Crippen LogP contribution is -2.26. The molecule has 158 valence electrons. The van der Waals surface area contributed by atoms with Crippen LogP contribution in [0.15, 0.2) is 63.0 Å². The molecule has 1 aromatic heterocycles. The number of rotatable bonds is 5. The molecule has 0 saturated carbocycles. The Bertz CT molecular complexity index is 1260. The monoisotopic (exact) mass is 453 g/mol. The van der Waals surface area contributed by atoms with Gasteiger partial charge in [-0.3, -0.25) is 14.2 Å². The maximum absolute atomic E-state index is 13.4. The molecule has 13 heteroatoms. The van der Waals surface area contributed by atoms with E-state index in [9.17, 15) is 27.2 Å². The molecule has 1 amide bonds. The van der Waals surface area contributed by atoms with Gasteiger partial charge in [0, 0.05) is 10.6 Å². The second kappa shape index (κ2) is 8.88. The van der Waals surface area contributed by atoms with Gasteiger partial charge in [0.1, 0.15) is 5.75 Å². The Morgan fingerprint density at radius 1 is 1.23 bits per heavy atom. The Hall–Kier alpha value is -3.85. The van der Waals surface area contributed by atoms with Gasteiger partial charge >= 0.3 is 0 Å². The fourth-order valence-electron chi connectivity index (χ4n) is 2.46. The van der Waals surface area contributed by atoms with Crippen LogP contribution < -0.4 is 10.3 Å². The summed E-state index contributed by atoms with van der Waals surface area (Å²) < 4.78 is 58.2. The molecule has 1 aliphatic rings. The van der Waals surface area contributed by atoms with Crippen molar-refractivity contribution in [3.05, 3.63) is 74.6 Å². The van der Waals surface area contributed by atoms with E-state index in [4.69, 9.17) is 21.6 Å². The third-order valence-corrected chi connectivity index (χ3v) is 4.04. The lowest BCUT2D eigenvalue weighted by atomic mass is 10.2. The molecule has 31 heavy (non-hydrogen) atoms. The number of allylic oxidation sites excluding steroid dienone is 1. The minimum atomic E-state index is -3.20. The molecular weight excluding hydrogens is 446 g/mol. The Morgan fingerprint density at radius 3 is 2.61 bits per heavy atom. The van der Waals surface area contributed by atoms with Crippen LogP contribution in [0.2, 0.25) is 5.02 Å². The molecule has 1 aromatic carbocycles. The fraction of sp³-hybridized carbons (Fsp3) is 0.111. The van der Waals surface area contributed by atoms with E-state index in [1.165, 1.54) is 12.1 Å². The molecule has 1 aliphatic heterocycles. The zero-order valence-corrected chi connectivity index (χ0v) is 15.8. The number of alkyl halides is 2. The summed E-state index contributed by atoms with van der Waals surface area (Å²) in [6.45, 7) is -0.612. The Kier molecular flexibility index (Phi) is 6.26. The third kappa shape index (κ3) is 4.84. The summed E-state index contributed by atoms with van der Waals surface area (Å²) in [5.41, 5.74) is -3.32. The van der Waals surface area contributed by atoms with Crippen molar-refractivity contribution >= 4 is 17.5 Å². The van der Waals surface area contributed by atoms with Gasteiger partial charge in [-0.15, -0.1) is 10.2 Å². The van der Waals surface area contributed by atoms with Gasteiger partial charge in [0.15, 0.2) is 11.4 Å². The lowest BCUT2D eigenvalue weighted by Gasteiger charge is -2.14. The Morgan fingerprint density at radius 2 is 1.97 bits per heavy atom. The molecule has 0 N–H and O–H groups in total. The Labute approximate surface area is 175 Å². The van der Waals surface area contributed by atoms with Gasteiger partial charge in [-0.25, -0.2) is 13.8 Å². The second-order valence-electron chi connectivity index (χ2n) is 5.90. The summed E-state index contributed by atoms with van der Waals surface area (Å²) in [6, 6.07) is 5.42. The van der Waals surface area contributed by atoms with E-state index in [-0.39, 0.29) is 21.9 Å². The molecule has 0 bridgehead atoms. The molecule has 0 spiro atoms. The molecule has 2 heterocycles. The zero-order chi connectivity index (χ0) is 22.7. The predicted molar refractivity (Wildman–Crippen MR) is 96.9 cm³/mol. The molecule has 0 fully saturated rings. The first-order valence-electron chi connectivity index (χ1n) is 8.17. The summed E-state index contributed by atoms with van der Waals surface area (Å²) in [7, 11) is 0. The van der Waals surface area contributed by atoms with Crippen LogP contribution in [0.25, 0.3) is 0 Å². The summed E-state index contributed by atoms with van der Waals surface area (Å²) in [5.74, 6) is -2.07. The SMILES string of the molecule is N#Cc1cc(Cl)cc(Oc2c(C(F)F)ncn(CC3=CC(=C(F)F)N=NC3=O)c2=O)c1.